The highest BCUT2D eigenvalue weighted by Gasteiger charge is 2.27. The number of hydrogen-bond acceptors (Lipinski definition) is 1. The molecule has 0 unspecified atom stereocenters. The van der Waals surface area contributed by atoms with E-state index in [4.69, 9.17) is 5.73 Å². The average Bonchev–Trinajstić information content (AvgIpc) is 2.46. The van der Waals surface area contributed by atoms with Gasteiger partial charge in [-0.15, -0.1) is 12.4 Å². The Morgan fingerprint density at radius 3 is 1.19 bits per heavy atom. The summed E-state index contributed by atoms with van der Waals surface area (Å²) in [6, 6.07) is 0. The van der Waals surface area contributed by atoms with E-state index in [1.165, 1.54) is 89.9 Å². The molecule has 0 spiro atoms. The van der Waals surface area contributed by atoms with Crippen LogP contribution >= 0.6 is 12.4 Å². The van der Waals surface area contributed by atoms with E-state index in [2.05, 4.69) is 20.8 Å². The van der Waals surface area contributed by atoms with Gasteiger partial charge in [0.05, 0.1) is 0 Å². The predicted octanol–water partition coefficient (Wildman–Crippen LogP) is 6.87. The summed E-state index contributed by atoms with van der Waals surface area (Å²) in [5, 5.41) is 0. The molecule has 1 nitrogen and oxygen atoms in total. The zero-order valence-corrected chi connectivity index (χ0v) is 15.9. The van der Waals surface area contributed by atoms with Gasteiger partial charge in [0.15, 0.2) is 0 Å². The van der Waals surface area contributed by atoms with E-state index in [1.54, 1.807) is 0 Å². The zero-order valence-electron chi connectivity index (χ0n) is 15.1. The lowest BCUT2D eigenvalue weighted by Crippen LogP contribution is -2.22. The Labute approximate surface area is 141 Å². The molecule has 0 aliphatic rings. The van der Waals surface area contributed by atoms with Crippen LogP contribution in [0.1, 0.15) is 111 Å². The largest absolute Gasteiger partial charge is 0.330 e. The van der Waals surface area contributed by atoms with Crippen molar-refractivity contribution in [2.45, 2.75) is 111 Å². The van der Waals surface area contributed by atoms with Crippen molar-refractivity contribution in [3.05, 3.63) is 0 Å². The summed E-state index contributed by atoms with van der Waals surface area (Å²) >= 11 is 0. The number of nitrogens with two attached hydrogens (primary N) is 1. The number of unbranched alkanes of at least 4 members (excludes halogenated alkanes) is 6. The molecule has 0 saturated heterocycles. The van der Waals surface area contributed by atoms with E-state index < -0.39 is 0 Å². The van der Waals surface area contributed by atoms with Gasteiger partial charge in [0, 0.05) is 0 Å². The Kier molecular flexibility index (Phi) is 18.6. The molecule has 0 radical (unpaired) electrons. The van der Waals surface area contributed by atoms with Crippen molar-refractivity contribution in [1.82, 2.24) is 0 Å². The van der Waals surface area contributed by atoms with Gasteiger partial charge in [0.25, 0.3) is 0 Å². The standard InChI is InChI=1S/C19H41N.ClH/c1-4-7-10-14-19(17-13-18-20,15-11-8-5-2)16-12-9-6-3;/h4-18,20H2,1-3H3;1H. The van der Waals surface area contributed by atoms with Crippen molar-refractivity contribution < 1.29 is 0 Å². The van der Waals surface area contributed by atoms with Gasteiger partial charge in [0.1, 0.15) is 0 Å². The Morgan fingerprint density at radius 2 is 0.905 bits per heavy atom. The third-order valence-electron chi connectivity index (χ3n) is 4.84. The van der Waals surface area contributed by atoms with Crippen LogP contribution in [0.4, 0.5) is 0 Å². The van der Waals surface area contributed by atoms with E-state index >= 15 is 0 Å². The fraction of sp³-hybridized carbons (Fsp3) is 1.00. The monoisotopic (exact) mass is 319 g/mol. The highest BCUT2D eigenvalue weighted by molar-refractivity contribution is 5.85. The Hall–Kier alpha value is 0.250. The number of hydrogen-bond donors (Lipinski definition) is 1. The Morgan fingerprint density at radius 1 is 0.571 bits per heavy atom. The second-order valence-electron chi connectivity index (χ2n) is 6.76. The highest BCUT2D eigenvalue weighted by Crippen LogP contribution is 2.41. The van der Waals surface area contributed by atoms with Gasteiger partial charge >= 0.3 is 0 Å². The molecule has 0 atom stereocenters. The molecule has 21 heavy (non-hydrogen) atoms. The highest BCUT2D eigenvalue weighted by atomic mass is 35.5. The van der Waals surface area contributed by atoms with Crippen LogP contribution in [0.5, 0.6) is 0 Å². The molecular formula is C19H42ClN. The van der Waals surface area contributed by atoms with Crippen molar-refractivity contribution in [2.24, 2.45) is 11.1 Å². The lowest BCUT2D eigenvalue weighted by Gasteiger charge is -2.35. The van der Waals surface area contributed by atoms with Gasteiger partial charge in [-0.05, 0) is 44.1 Å². The summed E-state index contributed by atoms with van der Waals surface area (Å²) in [5.41, 5.74) is 6.42. The molecule has 0 fully saturated rings. The summed E-state index contributed by atoms with van der Waals surface area (Å²) in [6.45, 7) is 7.82. The first kappa shape index (κ1) is 23.5. The third-order valence-corrected chi connectivity index (χ3v) is 4.84. The molecule has 0 rings (SSSR count). The normalized spacial score (nSPS) is 11.4. The molecule has 0 aromatic heterocycles. The molecule has 0 aliphatic heterocycles. The van der Waals surface area contributed by atoms with Crippen molar-refractivity contribution in [3.63, 3.8) is 0 Å². The molecule has 0 bridgehead atoms. The van der Waals surface area contributed by atoms with Crippen LogP contribution in [-0.4, -0.2) is 6.54 Å². The molecular weight excluding hydrogens is 278 g/mol. The summed E-state index contributed by atoms with van der Waals surface area (Å²) in [6.07, 6.45) is 19.5. The SMILES string of the molecule is CCCCCC(CCCN)(CCCCC)CCCCC.Cl. The minimum atomic E-state index is 0. The van der Waals surface area contributed by atoms with Gasteiger partial charge in [-0.3, -0.25) is 0 Å². The smallest absolute Gasteiger partial charge is 0.00771 e. The minimum absolute atomic E-state index is 0. The third kappa shape index (κ3) is 12.5. The Balaban J connectivity index is 0. The molecule has 2 N–H and O–H groups in total. The number of halogens is 1. The fourth-order valence-corrected chi connectivity index (χ4v) is 3.48. The first-order chi connectivity index (χ1) is 9.74. The first-order valence-corrected chi connectivity index (χ1v) is 9.44. The number of rotatable bonds is 15. The molecule has 130 valence electrons. The maximum atomic E-state index is 5.80. The molecule has 0 saturated carbocycles. The quantitative estimate of drug-likeness (QED) is 0.327. The lowest BCUT2D eigenvalue weighted by molar-refractivity contribution is 0.176. The molecule has 0 heterocycles. The minimum Gasteiger partial charge on any atom is -0.330 e. The van der Waals surface area contributed by atoms with Crippen LogP contribution in [0, 0.1) is 5.41 Å². The van der Waals surface area contributed by atoms with E-state index in [0.717, 1.165) is 6.54 Å². The van der Waals surface area contributed by atoms with Gasteiger partial charge < -0.3 is 5.73 Å². The second-order valence-corrected chi connectivity index (χ2v) is 6.76. The average molecular weight is 320 g/mol. The predicted molar refractivity (Wildman–Crippen MR) is 100 cm³/mol. The maximum absolute atomic E-state index is 5.80. The van der Waals surface area contributed by atoms with E-state index in [0.29, 0.717) is 5.41 Å². The van der Waals surface area contributed by atoms with Crippen LogP contribution in [0.15, 0.2) is 0 Å². The molecule has 0 amide bonds. The van der Waals surface area contributed by atoms with Crippen LogP contribution < -0.4 is 5.73 Å². The van der Waals surface area contributed by atoms with E-state index in [1.807, 2.05) is 0 Å². The van der Waals surface area contributed by atoms with Crippen molar-refractivity contribution in [3.8, 4) is 0 Å². The zero-order chi connectivity index (χ0) is 15.1. The van der Waals surface area contributed by atoms with E-state index in [9.17, 15) is 0 Å². The van der Waals surface area contributed by atoms with E-state index in [-0.39, 0.29) is 12.4 Å². The van der Waals surface area contributed by atoms with Gasteiger partial charge in [-0.2, -0.15) is 0 Å². The summed E-state index contributed by atoms with van der Waals surface area (Å²) in [5.74, 6) is 0. The summed E-state index contributed by atoms with van der Waals surface area (Å²) < 4.78 is 0. The van der Waals surface area contributed by atoms with Crippen LogP contribution in [0.3, 0.4) is 0 Å². The van der Waals surface area contributed by atoms with Gasteiger partial charge in [-0.1, -0.05) is 78.6 Å². The van der Waals surface area contributed by atoms with Crippen molar-refractivity contribution >= 4 is 12.4 Å². The summed E-state index contributed by atoms with van der Waals surface area (Å²) in [4.78, 5) is 0. The molecule has 0 aliphatic carbocycles. The topological polar surface area (TPSA) is 26.0 Å². The van der Waals surface area contributed by atoms with Crippen LogP contribution in [0.2, 0.25) is 0 Å². The Bertz CT molecular complexity index is 167. The van der Waals surface area contributed by atoms with Crippen molar-refractivity contribution in [2.75, 3.05) is 6.54 Å². The summed E-state index contributed by atoms with van der Waals surface area (Å²) in [7, 11) is 0. The maximum Gasteiger partial charge on any atom is -0.00771 e. The first-order valence-electron chi connectivity index (χ1n) is 9.44. The fourth-order valence-electron chi connectivity index (χ4n) is 3.48. The lowest BCUT2D eigenvalue weighted by atomic mass is 9.71. The van der Waals surface area contributed by atoms with Crippen molar-refractivity contribution in [1.29, 1.82) is 0 Å². The molecule has 0 aromatic rings. The van der Waals surface area contributed by atoms with Gasteiger partial charge in [-0.25, -0.2) is 0 Å². The van der Waals surface area contributed by atoms with Crippen LogP contribution in [0.25, 0.3) is 0 Å². The second kappa shape index (κ2) is 16.6. The molecule has 0 aromatic carbocycles. The van der Waals surface area contributed by atoms with Gasteiger partial charge in [0.2, 0.25) is 0 Å². The van der Waals surface area contributed by atoms with Crippen LogP contribution in [-0.2, 0) is 0 Å². The molecule has 2 heteroatoms.